The smallest absolute Gasteiger partial charge is 0.261 e. The summed E-state index contributed by atoms with van der Waals surface area (Å²) in [4.78, 5) is 17.2. The molecule has 1 aromatic heterocycles. The second kappa shape index (κ2) is 6.44. The molecule has 0 spiro atoms. The van der Waals surface area contributed by atoms with Crippen LogP contribution in [-0.2, 0) is 5.54 Å². The standard InChI is InChI=1S/C20H17Cl2FN4O/c21-14-4-5-15(23)17(18(14)22)20(8-24-9-20)26-11-1-6-16-13(7-11)19(28)27(10-25-16)12-2-3-12/h1,4-7,10,12,24,26H,2-3,8-9H2. The van der Waals surface area contributed by atoms with E-state index in [2.05, 4.69) is 15.6 Å². The van der Waals surface area contributed by atoms with Crippen LogP contribution < -0.4 is 16.2 Å². The summed E-state index contributed by atoms with van der Waals surface area (Å²) in [5, 5.41) is 7.60. The molecule has 5 rings (SSSR count). The lowest BCUT2D eigenvalue weighted by Gasteiger charge is -2.45. The molecule has 2 N–H and O–H groups in total. The Morgan fingerprint density at radius 1 is 1.21 bits per heavy atom. The first-order valence-corrected chi connectivity index (χ1v) is 9.88. The first-order chi connectivity index (χ1) is 13.5. The van der Waals surface area contributed by atoms with E-state index in [1.807, 2.05) is 6.07 Å². The molecule has 2 heterocycles. The zero-order valence-corrected chi connectivity index (χ0v) is 16.3. The van der Waals surface area contributed by atoms with E-state index >= 15 is 0 Å². The average Bonchev–Trinajstić information content (AvgIpc) is 3.48. The van der Waals surface area contributed by atoms with Crippen LogP contribution in [0.3, 0.4) is 0 Å². The fourth-order valence-corrected chi connectivity index (χ4v) is 4.26. The molecule has 28 heavy (non-hydrogen) atoms. The summed E-state index contributed by atoms with van der Waals surface area (Å²) < 4.78 is 16.3. The van der Waals surface area contributed by atoms with Gasteiger partial charge in [-0.2, -0.15) is 0 Å². The molecule has 0 amide bonds. The molecule has 1 aliphatic carbocycles. The van der Waals surface area contributed by atoms with Gasteiger partial charge < -0.3 is 10.6 Å². The van der Waals surface area contributed by atoms with Gasteiger partial charge in [0, 0.05) is 30.4 Å². The molecule has 1 saturated carbocycles. The highest BCUT2D eigenvalue weighted by atomic mass is 35.5. The topological polar surface area (TPSA) is 59.0 Å². The van der Waals surface area contributed by atoms with Crippen LogP contribution >= 0.6 is 23.2 Å². The Kier molecular flexibility index (Phi) is 4.12. The lowest BCUT2D eigenvalue weighted by Crippen LogP contribution is -2.62. The lowest BCUT2D eigenvalue weighted by molar-refractivity contribution is 0.307. The summed E-state index contributed by atoms with van der Waals surface area (Å²) in [5.41, 5.74) is 0.889. The Labute approximate surface area is 170 Å². The van der Waals surface area contributed by atoms with Crippen molar-refractivity contribution >= 4 is 39.8 Å². The summed E-state index contributed by atoms with van der Waals surface area (Å²) in [6.45, 7) is 0.975. The van der Waals surface area contributed by atoms with Gasteiger partial charge in [0.25, 0.3) is 5.56 Å². The molecule has 1 saturated heterocycles. The van der Waals surface area contributed by atoms with Gasteiger partial charge in [0.1, 0.15) is 5.82 Å². The van der Waals surface area contributed by atoms with Gasteiger partial charge in [0.2, 0.25) is 0 Å². The van der Waals surface area contributed by atoms with Gasteiger partial charge in [0.15, 0.2) is 0 Å². The van der Waals surface area contributed by atoms with Crippen molar-refractivity contribution in [2.75, 3.05) is 18.4 Å². The molecular weight excluding hydrogens is 402 g/mol. The highest BCUT2D eigenvalue weighted by Crippen LogP contribution is 2.40. The van der Waals surface area contributed by atoms with Crippen LogP contribution in [0.5, 0.6) is 0 Å². The number of anilines is 1. The highest BCUT2D eigenvalue weighted by molar-refractivity contribution is 6.42. The van der Waals surface area contributed by atoms with Gasteiger partial charge in [-0.25, -0.2) is 9.37 Å². The number of hydrogen-bond donors (Lipinski definition) is 2. The highest BCUT2D eigenvalue weighted by Gasteiger charge is 2.43. The number of aromatic nitrogens is 2. The van der Waals surface area contributed by atoms with Crippen molar-refractivity contribution in [3.63, 3.8) is 0 Å². The summed E-state index contributed by atoms with van der Waals surface area (Å²) in [6.07, 6.45) is 3.63. The van der Waals surface area contributed by atoms with E-state index in [-0.39, 0.29) is 16.6 Å². The maximum absolute atomic E-state index is 14.6. The fourth-order valence-electron chi connectivity index (χ4n) is 3.77. The second-order valence-electron chi connectivity index (χ2n) is 7.45. The zero-order chi connectivity index (χ0) is 19.5. The van der Waals surface area contributed by atoms with Crippen molar-refractivity contribution in [3.8, 4) is 0 Å². The predicted molar refractivity (Wildman–Crippen MR) is 109 cm³/mol. The molecule has 0 unspecified atom stereocenters. The minimum absolute atomic E-state index is 0.0519. The van der Waals surface area contributed by atoms with Gasteiger partial charge in [-0.15, -0.1) is 0 Å². The first-order valence-electron chi connectivity index (χ1n) is 9.12. The van der Waals surface area contributed by atoms with Crippen LogP contribution in [0.15, 0.2) is 41.5 Å². The SMILES string of the molecule is O=c1c2cc(NC3(c4c(F)ccc(Cl)c4Cl)CNC3)ccc2ncn1C1CC1. The number of fused-ring (bicyclic) bond motifs is 1. The molecule has 0 atom stereocenters. The Bertz CT molecular complexity index is 1150. The monoisotopic (exact) mass is 418 g/mol. The van der Waals surface area contributed by atoms with E-state index in [4.69, 9.17) is 23.2 Å². The molecule has 0 bridgehead atoms. The Balaban J connectivity index is 1.58. The molecule has 2 fully saturated rings. The average molecular weight is 419 g/mol. The Morgan fingerprint density at radius 3 is 2.68 bits per heavy atom. The van der Waals surface area contributed by atoms with Crippen LogP contribution in [0, 0.1) is 5.82 Å². The van der Waals surface area contributed by atoms with Gasteiger partial charge in [0.05, 0.1) is 32.8 Å². The van der Waals surface area contributed by atoms with Crippen molar-refractivity contribution in [3.05, 3.63) is 68.4 Å². The third-order valence-electron chi connectivity index (χ3n) is 5.48. The van der Waals surface area contributed by atoms with Crippen LogP contribution in [0.1, 0.15) is 24.4 Å². The van der Waals surface area contributed by atoms with Crippen LogP contribution in [-0.4, -0.2) is 22.6 Å². The third kappa shape index (κ3) is 2.79. The molecule has 8 heteroatoms. The molecule has 0 radical (unpaired) electrons. The maximum atomic E-state index is 14.6. The number of nitrogens with zero attached hydrogens (tertiary/aromatic N) is 2. The minimum Gasteiger partial charge on any atom is -0.373 e. The van der Waals surface area contributed by atoms with Gasteiger partial charge in [-0.1, -0.05) is 23.2 Å². The number of rotatable bonds is 4. The Hall–Kier alpha value is -2.15. The van der Waals surface area contributed by atoms with E-state index in [0.717, 1.165) is 12.8 Å². The largest absolute Gasteiger partial charge is 0.373 e. The summed E-state index contributed by atoms with van der Waals surface area (Å²) in [5.74, 6) is -0.415. The minimum atomic E-state index is -0.739. The van der Waals surface area contributed by atoms with E-state index in [0.29, 0.717) is 40.3 Å². The van der Waals surface area contributed by atoms with Crippen molar-refractivity contribution < 1.29 is 4.39 Å². The van der Waals surface area contributed by atoms with Crippen molar-refractivity contribution in [2.24, 2.45) is 0 Å². The summed E-state index contributed by atoms with van der Waals surface area (Å²) in [6, 6.07) is 8.44. The zero-order valence-electron chi connectivity index (χ0n) is 14.8. The molecule has 2 aliphatic rings. The summed E-state index contributed by atoms with van der Waals surface area (Å²) in [7, 11) is 0. The normalized spacial score (nSPS) is 18.1. The molecule has 144 valence electrons. The van der Waals surface area contributed by atoms with Crippen LogP contribution in [0.25, 0.3) is 10.9 Å². The van der Waals surface area contributed by atoms with E-state index in [1.165, 1.54) is 12.1 Å². The Morgan fingerprint density at radius 2 is 2.00 bits per heavy atom. The van der Waals surface area contributed by atoms with Gasteiger partial charge in [-0.05, 0) is 43.2 Å². The molecular formula is C20H17Cl2FN4O. The van der Waals surface area contributed by atoms with E-state index in [9.17, 15) is 9.18 Å². The van der Waals surface area contributed by atoms with Crippen molar-refractivity contribution in [1.29, 1.82) is 0 Å². The predicted octanol–water partition coefficient (Wildman–Crippen LogP) is 4.09. The molecule has 2 aromatic carbocycles. The second-order valence-corrected chi connectivity index (χ2v) is 8.23. The van der Waals surface area contributed by atoms with Crippen LogP contribution in [0.4, 0.5) is 10.1 Å². The van der Waals surface area contributed by atoms with E-state index < -0.39 is 11.4 Å². The van der Waals surface area contributed by atoms with E-state index in [1.54, 1.807) is 23.0 Å². The molecule has 1 aliphatic heterocycles. The first kappa shape index (κ1) is 17.9. The number of hydrogen-bond acceptors (Lipinski definition) is 4. The van der Waals surface area contributed by atoms with Crippen molar-refractivity contribution in [2.45, 2.75) is 24.4 Å². The molecule has 3 aromatic rings. The quantitative estimate of drug-likeness (QED) is 0.626. The number of benzene rings is 2. The molecule has 5 nitrogen and oxygen atoms in total. The number of halogens is 3. The van der Waals surface area contributed by atoms with Gasteiger partial charge in [-0.3, -0.25) is 9.36 Å². The van der Waals surface area contributed by atoms with Crippen molar-refractivity contribution in [1.82, 2.24) is 14.9 Å². The fraction of sp³-hybridized carbons (Fsp3) is 0.300. The lowest BCUT2D eigenvalue weighted by atomic mass is 9.83. The maximum Gasteiger partial charge on any atom is 0.261 e. The number of nitrogens with one attached hydrogen (secondary N) is 2. The third-order valence-corrected chi connectivity index (χ3v) is 6.29. The van der Waals surface area contributed by atoms with Crippen LogP contribution in [0.2, 0.25) is 10.0 Å². The van der Waals surface area contributed by atoms with Gasteiger partial charge >= 0.3 is 0 Å². The summed E-state index contributed by atoms with van der Waals surface area (Å²) >= 11 is 12.5.